The highest BCUT2D eigenvalue weighted by Gasteiger charge is 2.10. The number of anilines is 1. The molecule has 0 fully saturated rings. The second kappa shape index (κ2) is 5.31. The molecule has 0 saturated heterocycles. The molecule has 1 aromatic heterocycles. The van der Waals surface area contributed by atoms with Gasteiger partial charge in [-0.05, 0) is 35.4 Å². The summed E-state index contributed by atoms with van der Waals surface area (Å²) in [6, 6.07) is 17.3. The van der Waals surface area contributed by atoms with E-state index in [0.29, 0.717) is 12.1 Å². The van der Waals surface area contributed by atoms with E-state index < -0.39 is 6.10 Å². The van der Waals surface area contributed by atoms with E-state index in [0.717, 1.165) is 22.0 Å². The van der Waals surface area contributed by atoms with Crippen LogP contribution in [0.25, 0.3) is 10.9 Å². The third-order valence-corrected chi connectivity index (χ3v) is 3.47. The normalized spacial score (nSPS) is 12.4. The van der Waals surface area contributed by atoms with E-state index in [1.807, 2.05) is 54.6 Å². The lowest BCUT2D eigenvalue weighted by Crippen LogP contribution is -2.03. The molecule has 0 aliphatic rings. The van der Waals surface area contributed by atoms with Gasteiger partial charge in [-0.1, -0.05) is 30.3 Å². The summed E-state index contributed by atoms with van der Waals surface area (Å²) in [6.45, 7) is 0. The summed E-state index contributed by atoms with van der Waals surface area (Å²) in [4.78, 5) is 4.34. The minimum absolute atomic E-state index is 0.540. The number of para-hydroxylation sites is 1. The third kappa shape index (κ3) is 2.49. The Balaban J connectivity index is 1.91. The summed E-state index contributed by atoms with van der Waals surface area (Å²) >= 11 is 0. The Morgan fingerprint density at radius 2 is 1.75 bits per heavy atom. The maximum absolute atomic E-state index is 10.4. The first kappa shape index (κ1) is 12.6. The molecule has 0 aliphatic carbocycles. The molecule has 0 saturated carbocycles. The maximum atomic E-state index is 10.4. The molecule has 3 rings (SSSR count). The molecule has 0 bridgehead atoms. The molecule has 0 amide bonds. The van der Waals surface area contributed by atoms with E-state index in [4.69, 9.17) is 5.73 Å². The number of aliphatic hydroxyl groups is 1. The summed E-state index contributed by atoms with van der Waals surface area (Å²) < 4.78 is 0. The predicted octanol–water partition coefficient (Wildman–Crippen LogP) is 3.09. The van der Waals surface area contributed by atoms with Gasteiger partial charge in [-0.25, -0.2) is 0 Å². The lowest BCUT2D eigenvalue weighted by Gasteiger charge is -2.13. The van der Waals surface area contributed by atoms with Gasteiger partial charge in [0.15, 0.2) is 0 Å². The van der Waals surface area contributed by atoms with Gasteiger partial charge in [0.25, 0.3) is 0 Å². The SMILES string of the molecule is Nc1ccc(C(O)Cc2ccnc3ccccc23)cc1. The summed E-state index contributed by atoms with van der Waals surface area (Å²) in [5.41, 5.74) is 9.29. The molecule has 3 nitrogen and oxygen atoms in total. The molecule has 0 spiro atoms. The molecule has 100 valence electrons. The Hall–Kier alpha value is -2.39. The van der Waals surface area contributed by atoms with Crippen molar-refractivity contribution in [3.8, 4) is 0 Å². The molecule has 20 heavy (non-hydrogen) atoms. The van der Waals surface area contributed by atoms with Crippen molar-refractivity contribution in [2.45, 2.75) is 12.5 Å². The average molecular weight is 264 g/mol. The van der Waals surface area contributed by atoms with Crippen molar-refractivity contribution in [1.29, 1.82) is 0 Å². The van der Waals surface area contributed by atoms with Crippen LogP contribution in [0.2, 0.25) is 0 Å². The van der Waals surface area contributed by atoms with Crippen LogP contribution >= 0.6 is 0 Å². The third-order valence-electron chi connectivity index (χ3n) is 3.47. The fourth-order valence-electron chi connectivity index (χ4n) is 2.38. The zero-order valence-corrected chi connectivity index (χ0v) is 11.0. The Kier molecular flexibility index (Phi) is 3.35. The van der Waals surface area contributed by atoms with Crippen LogP contribution in [-0.2, 0) is 6.42 Å². The highest BCUT2D eigenvalue weighted by Crippen LogP contribution is 2.23. The van der Waals surface area contributed by atoms with E-state index >= 15 is 0 Å². The van der Waals surface area contributed by atoms with Crippen LogP contribution in [0.15, 0.2) is 60.8 Å². The summed E-state index contributed by atoms with van der Waals surface area (Å²) in [5.74, 6) is 0. The van der Waals surface area contributed by atoms with Gasteiger partial charge in [0.1, 0.15) is 0 Å². The number of benzene rings is 2. The minimum Gasteiger partial charge on any atom is -0.399 e. The van der Waals surface area contributed by atoms with Crippen LogP contribution in [0.5, 0.6) is 0 Å². The summed E-state index contributed by atoms with van der Waals surface area (Å²) in [7, 11) is 0. The Morgan fingerprint density at radius 3 is 2.55 bits per heavy atom. The molecular formula is C17H16N2O. The van der Waals surface area contributed by atoms with Crippen LogP contribution in [-0.4, -0.2) is 10.1 Å². The first-order valence-corrected chi connectivity index (χ1v) is 6.60. The van der Waals surface area contributed by atoms with Gasteiger partial charge in [0, 0.05) is 23.7 Å². The van der Waals surface area contributed by atoms with Crippen LogP contribution in [0.1, 0.15) is 17.2 Å². The van der Waals surface area contributed by atoms with Crippen molar-refractivity contribution in [3.63, 3.8) is 0 Å². The van der Waals surface area contributed by atoms with Gasteiger partial charge in [-0.3, -0.25) is 4.98 Å². The fourth-order valence-corrected chi connectivity index (χ4v) is 2.38. The predicted molar refractivity (Wildman–Crippen MR) is 81.3 cm³/mol. The molecule has 1 heterocycles. The topological polar surface area (TPSA) is 59.1 Å². The smallest absolute Gasteiger partial charge is 0.0830 e. The second-order valence-corrected chi connectivity index (χ2v) is 4.87. The van der Waals surface area contributed by atoms with Gasteiger partial charge in [0.2, 0.25) is 0 Å². The van der Waals surface area contributed by atoms with Crippen LogP contribution < -0.4 is 5.73 Å². The Bertz CT molecular complexity index is 717. The average Bonchev–Trinajstić information content (AvgIpc) is 2.48. The lowest BCUT2D eigenvalue weighted by molar-refractivity contribution is 0.179. The van der Waals surface area contributed by atoms with Crippen LogP contribution in [0, 0.1) is 0 Å². The van der Waals surface area contributed by atoms with Crippen molar-refractivity contribution in [2.24, 2.45) is 0 Å². The minimum atomic E-state index is -0.540. The largest absolute Gasteiger partial charge is 0.399 e. The first-order chi connectivity index (χ1) is 9.74. The molecule has 1 atom stereocenters. The number of hydrogen-bond donors (Lipinski definition) is 2. The number of aliphatic hydroxyl groups excluding tert-OH is 1. The summed E-state index contributed by atoms with van der Waals surface area (Å²) in [5, 5.41) is 11.5. The molecule has 3 heteroatoms. The standard InChI is InChI=1S/C17H16N2O/c18-14-7-5-12(6-8-14)17(20)11-13-9-10-19-16-4-2-1-3-15(13)16/h1-10,17,20H,11,18H2. The molecule has 1 unspecified atom stereocenters. The number of nitrogen functional groups attached to an aromatic ring is 1. The molecule has 3 N–H and O–H groups in total. The number of hydrogen-bond acceptors (Lipinski definition) is 3. The second-order valence-electron chi connectivity index (χ2n) is 4.87. The molecule has 3 aromatic rings. The number of rotatable bonds is 3. The van der Waals surface area contributed by atoms with Gasteiger partial charge < -0.3 is 10.8 Å². The monoisotopic (exact) mass is 264 g/mol. The van der Waals surface area contributed by atoms with Crippen molar-refractivity contribution >= 4 is 16.6 Å². The number of aromatic nitrogens is 1. The van der Waals surface area contributed by atoms with Gasteiger partial charge >= 0.3 is 0 Å². The zero-order valence-electron chi connectivity index (χ0n) is 11.0. The zero-order chi connectivity index (χ0) is 13.9. The maximum Gasteiger partial charge on any atom is 0.0830 e. The number of fused-ring (bicyclic) bond motifs is 1. The number of nitrogens with two attached hydrogens (primary N) is 1. The van der Waals surface area contributed by atoms with E-state index in [1.165, 1.54) is 0 Å². The van der Waals surface area contributed by atoms with Crippen molar-refractivity contribution < 1.29 is 5.11 Å². The Labute approximate surface area is 117 Å². The van der Waals surface area contributed by atoms with Crippen molar-refractivity contribution in [3.05, 3.63) is 71.9 Å². The van der Waals surface area contributed by atoms with Crippen LogP contribution in [0.4, 0.5) is 5.69 Å². The van der Waals surface area contributed by atoms with Gasteiger partial charge in [-0.2, -0.15) is 0 Å². The quantitative estimate of drug-likeness (QED) is 0.715. The summed E-state index contributed by atoms with van der Waals surface area (Å²) in [6.07, 6.45) is 1.81. The van der Waals surface area contributed by atoms with E-state index in [-0.39, 0.29) is 0 Å². The molecule has 0 aliphatic heterocycles. The van der Waals surface area contributed by atoms with E-state index in [9.17, 15) is 5.11 Å². The number of pyridine rings is 1. The van der Waals surface area contributed by atoms with Crippen molar-refractivity contribution in [1.82, 2.24) is 4.98 Å². The molecule has 2 aromatic carbocycles. The van der Waals surface area contributed by atoms with Gasteiger partial charge in [0.05, 0.1) is 11.6 Å². The molecular weight excluding hydrogens is 248 g/mol. The van der Waals surface area contributed by atoms with Crippen LogP contribution in [0.3, 0.4) is 0 Å². The number of nitrogens with zero attached hydrogens (tertiary/aromatic N) is 1. The van der Waals surface area contributed by atoms with E-state index in [2.05, 4.69) is 4.98 Å². The van der Waals surface area contributed by atoms with Crippen molar-refractivity contribution in [2.75, 3.05) is 5.73 Å². The van der Waals surface area contributed by atoms with E-state index in [1.54, 1.807) is 6.20 Å². The first-order valence-electron chi connectivity index (χ1n) is 6.60. The lowest BCUT2D eigenvalue weighted by atomic mass is 9.99. The highest BCUT2D eigenvalue weighted by atomic mass is 16.3. The Morgan fingerprint density at radius 1 is 1.00 bits per heavy atom. The molecule has 0 radical (unpaired) electrons. The van der Waals surface area contributed by atoms with Gasteiger partial charge in [-0.15, -0.1) is 0 Å². The highest BCUT2D eigenvalue weighted by molar-refractivity contribution is 5.81. The fraction of sp³-hybridized carbons (Fsp3) is 0.118.